The van der Waals surface area contributed by atoms with Gasteiger partial charge in [-0.3, -0.25) is 0 Å². The van der Waals surface area contributed by atoms with Crippen molar-refractivity contribution in [1.82, 2.24) is 4.98 Å². The van der Waals surface area contributed by atoms with E-state index in [0.29, 0.717) is 5.71 Å². The molecule has 8 aromatic rings. The molecule has 2 aromatic heterocycles. The van der Waals surface area contributed by atoms with Crippen LogP contribution in [0.3, 0.4) is 0 Å². The van der Waals surface area contributed by atoms with Crippen molar-refractivity contribution in [3.8, 4) is 22.3 Å². The van der Waals surface area contributed by atoms with Gasteiger partial charge in [0.25, 0.3) is 0 Å². The predicted octanol–water partition coefficient (Wildman–Crippen LogP) is 10.9. The molecule has 42 heavy (non-hydrogen) atoms. The van der Waals surface area contributed by atoms with Crippen LogP contribution in [0.5, 0.6) is 0 Å². The molecule has 0 saturated carbocycles. The van der Waals surface area contributed by atoms with Gasteiger partial charge in [0.1, 0.15) is 5.58 Å². The number of aromatic nitrogens is 1. The Morgan fingerprint density at radius 3 is 1.79 bits per heavy atom. The number of benzene rings is 6. The summed E-state index contributed by atoms with van der Waals surface area (Å²) < 4.78 is 6.33. The maximum absolute atomic E-state index is 6.33. The molecule has 0 N–H and O–H groups in total. The summed E-state index contributed by atoms with van der Waals surface area (Å²) in [5.41, 5.74) is 9.48. The normalized spacial score (nSPS) is 11.3. The molecule has 0 unspecified atom stereocenters. The Bertz CT molecular complexity index is 2170. The zero-order chi connectivity index (χ0) is 27.9. The third-order valence-corrected chi connectivity index (χ3v) is 7.95. The van der Waals surface area contributed by atoms with Gasteiger partial charge < -0.3 is 9.32 Å². The van der Waals surface area contributed by atoms with Gasteiger partial charge >= 0.3 is 0 Å². The second-order valence-corrected chi connectivity index (χ2v) is 10.4. The van der Waals surface area contributed by atoms with Crippen LogP contribution in [0.25, 0.3) is 55.1 Å². The molecule has 8 rings (SSSR count). The highest BCUT2D eigenvalue weighted by Crippen LogP contribution is 2.40. The molecular formula is C39H26N2O. The molecule has 0 spiro atoms. The first-order valence-corrected chi connectivity index (χ1v) is 14.1. The second kappa shape index (κ2) is 10.1. The number of nitrogens with zero attached hydrogens (tertiary/aromatic N) is 2. The average Bonchev–Trinajstić information content (AvgIpc) is 3.46. The standard InChI is InChI=1S/C39H26N2O/c1-3-9-27(10-4-1)28-15-20-32(21-16-28)41(31-12-5-2-6-13-31)33-22-17-30(18-23-33)34-25-26-40-39-37(34)36-24-19-29-11-7-8-14-35(29)38(36)42-39/h1-26H. The van der Waals surface area contributed by atoms with Crippen LogP contribution < -0.4 is 4.90 Å². The molecular weight excluding hydrogens is 512 g/mol. The fraction of sp³-hybridized carbons (Fsp3) is 0. The topological polar surface area (TPSA) is 29.3 Å². The van der Waals surface area contributed by atoms with E-state index in [-0.39, 0.29) is 0 Å². The third kappa shape index (κ3) is 4.11. The van der Waals surface area contributed by atoms with Gasteiger partial charge in [0, 0.05) is 34.0 Å². The highest BCUT2D eigenvalue weighted by molar-refractivity contribution is 6.18. The van der Waals surface area contributed by atoms with E-state index in [0.717, 1.165) is 55.3 Å². The van der Waals surface area contributed by atoms with E-state index in [1.54, 1.807) is 0 Å². The van der Waals surface area contributed by atoms with Crippen LogP contribution >= 0.6 is 0 Å². The Balaban J connectivity index is 1.21. The van der Waals surface area contributed by atoms with E-state index in [1.807, 2.05) is 12.3 Å². The van der Waals surface area contributed by atoms with Gasteiger partial charge in [-0.25, -0.2) is 4.98 Å². The minimum atomic E-state index is 0.660. The average molecular weight is 539 g/mol. The molecule has 0 saturated heterocycles. The molecule has 0 bridgehead atoms. The molecule has 6 aromatic carbocycles. The smallest absolute Gasteiger partial charge is 0.227 e. The summed E-state index contributed by atoms with van der Waals surface area (Å²) in [6, 6.07) is 53.2. The van der Waals surface area contributed by atoms with Crippen LogP contribution in [0.1, 0.15) is 0 Å². The summed E-state index contributed by atoms with van der Waals surface area (Å²) in [7, 11) is 0. The van der Waals surface area contributed by atoms with Crippen LogP contribution in [0.4, 0.5) is 17.1 Å². The SMILES string of the molecule is c1ccc(-c2ccc(N(c3ccccc3)c3ccc(-c4ccnc5oc6c7ccccc7ccc6c45)cc3)cc2)cc1. The Morgan fingerprint density at radius 2 is 1.05 bits per heavy atom. The summed E-state index contributed by atoms with van der Waals surface area (Å²) in [5.74, 6) is 0. The summed E-state index contributed by atoms with van der Waals surface area (Å²) in [4.78, 5) is 6.88. The number of furan rings is 1. The lowest BCUT2D eigenvalue weighted by molar-refractivity contribution is 0.658. The first-order chi connectivity index (χ1) is 20.8. The number of fused-ring (bicyclic) bond motifs is 5. The Morgan fingerprint density at radius 1 is 0.452 bits per heavy atom. The van der Waals surface area contributed by atoms with Crippen LogP contribution in [0.2, 0.25) is 0 Å². The third-order valence-electron chi connectivity index (χ3n) is 7.95. The van der Waals surface area contributed by atoms with E-state index < -0.39 is 0 Å². The van der Waals surface area contributed by atoms with Gasteiger partial charge in [-0.15, -0.1) is 0 Å². The number of pyridine rings is 1. The van der Waals surface area contributed by atoms with Crippen LogP contribution in [0.15, 0.2) is 162 Å². The van der Waals surface area contributed by atoms with Gasteiger partial charge in [0.2, 0.25) is 5.71 Å². The summed E-state index contributed by atoms with van der Waals surface area (Å²) in [6.45, 7) is 0. The summed E-state index contributed by atoms with van der Waals surface area (Å²) in [6.07, 6.45) is 1.83. The molecule has 0 radical (unpaired) electrons. The van der Waals surface area contributed by atoms with E-state index in [1.165, 1.54) is 11.1 Å². The van der Waals surface area contributed by atoms with Gasteiger partial charge in [0.15, 0.2) is 0 Å². The molecule has 0 atom stereocenters. The number of para-hydroxylation sites is 1. The molecule has 2 heterocycles. The summed E-state index contributed by atoms with van der Waals surface area (Å²) >= 11 is 0. The predicted molar refractivity (Wildman–Crippen MR) is 175 cm³/mol. The Labute approximate surface area is 243 Å². The lowest BCUT2D eigenvalue weighted by atomic mass is 9.99. The van der Waals surface area contributed by atoms with Crippen molar-refractivity contribution in [2.45, 2.75) is 0 Å². The molecule has 0 amide bonds. The fourth-order valence-corrected chi connectivity index (χ4v) is 5.92. The minimum Gasteiger partial charge on any atom is -0.437 e. The van der Waals surface area contributed by atoms with E-state index in [4.69, 9.17) is 4.42 Å². The minimum absolute atomic E-state index is 0.660. The van der Waals surface area contributed by atoms with Gasteiger partial charge in [0.05, 0.1) is 5.39 Å². The Hall–Kier alpha value is -5.67. The molecule has 0 aliphatic rings. The number of hydrogen-bond acceptors (Lipinski definition) is 3. The Kier molecular flexibility index (Phi) is 5.79. The molecule has 0 aliphatic carbocycles. The maximum atomic E-state index is 6.33. The highest BCUT2D eigenvalue weighted by Gasteiger charge is 2.17. The van der Waals surface area contributed by atoms with Crippen LogP contribution in [0, 0.1) is 0 Å². The summed E-state index contributed by atoms with van der Waals surface area (Å²) in [5, 5.41) is 4.39. The van der Waals surface area contributed by atoms with Crippen LogP contribution in [-0.2, 0) is 0 Å². The van der Waals surface area contributed by atoms with Crippen molar-refractivity contribution in [1.29, 1.82) is 0 Å². The fourth-order valence-electron chi connectivity index (χ4n) is 5.92. The number of hydrogen-bond donors (Lipinski definition) is 0. The molecule has 198 valence electrons. The largest absolute Gasteiger partial charge is 0.437 e. The number of anilines is 3. The van der Waals surface area contributed by atoms with E-state index in [2.05, 4.69) is 155 Å². The van der Waals surface area contributed by atoms with Crippen molar-refractivity contribution in [3.05, 3.63) is 158 Å². The first kappa shape index (κ1) is 24.2. The lowest BCUT2D eigenvalue weighted by Crippen LogP contribution is -2.09. The van der Waals surface area contributed by atoms with Crippen molar-refractivity contribution in [2.75, 3.05) is 4.90 Å². The van der Waals surface area contributed by atoms with Crippen molar-refractivity contribution in [2.24, 2.45) is 0 Å². The zero-order valence-electron chi connectivity index (χ0n) is 22.8. The highest BCUT2D eigenvalue weighted by atomic mass is 16.3. The van der Waals surface area contributed by atoms with E-state index >= 15 is 0 Å². The maximum Gasteiger partial charge on any atom is 0.227 e. The monoisotopic (exact) mass is 538 g/mol. The van der Waals surface area contributed by atoms with E-state index in [9.17, 15) is 0 Å². The van der Waals surface area contributed by atoms with Crippen LogP contribution in [-0.4, -0.2) is 4.98 Å². The zero-order valence-corrected chi connectivity index (χ0v) is 22.8. The first-order valence-electron chi connectivity index (χ1n) is 14.1. The number of rotatable bonds is 5. The molecule has 0 fully saturated rings. The second-order valence-electron chi connectivity index (χ2n) is 10.4. The van der Waals surface area contributed by atoms with Gasteiger partial charge in [-0.2, -0.15) is 0 Å². The van der Waals surface area contributed by atoms with Crippen molar-refractivity contribution >= 4 is 49.9 Å². The van der Waals surface area contributed by atoms with Gasteiger partial charge in [-0.1, -0.05) is 103 Å². The van der Waals surface area contributed by atoms with Crippen molar-refractivity contribution < 1.29 is 4.42 Å². The van der Waals surface area contributed by atoms with Gasteiger partial charge in [-0.05, 0) is 76.2 Å². The lowest BCUT2D eigenvalue weighted by Gasteiger charge is -2.26. The quantitative estimate of drug-likeness (QED) is 0.218. The van der Waals surface area contributed by atoms with Crippen molar-refractivity contribution in [3.63, 3.8) is 0 Å². The molecule has 3 nitrogen and oxygen atoms in total. The molecule has 3 heteroatoms. The molecule has 0 aliphatic heterocycles.